The SMILES string of the molecule is NC(Cc1cccc(F)c1Cl)c1cc(Br)ccc1Br. The lowest BCUT2D eigenvalue weighted by molar-refractivity contribution is 0.622. The molecule has 2 aromatic carbocycles. The van der Waals surface area contributed by atoms with Crippen LogP contribution < -0.4 is 5.73 Å². The van der Waals surface area contributed by atoms with E-state index in [1.54, 1.807) is 12.1 Å². The highest BCUT2D eigenvalue weighted by molar-refractivity contribution is 9.11. The molecular weight excluding hydrogens is 396 g/mol. The highest BCUT2D eigenvalue weighted by Crippen LogP contribution is 2.30. The number of halogens is 4. The maximum atomic E-state index is 13.4. The van der Waals surface area contributed by atoms with E-state index < -0.39 is 5.82 Å². The molecule has 0 saturated carbocycles. The molecule has 1 unspecified atom stereocenters. The van der Waals surface area contributed by atoms with Crippen LogP contribution in [0, 0.1) is 5.82 Å². The average Bonchev–Trinajstić information content (AvgIpc) is 2.38. The Bertz CT molecular complexity index is 604. The fourth-order valence-electron chi connectivity index (χ4n) is 1.85. The summed E-state index contributed by atoms with van der Waals surface area (Å²) in [5.74, 6) is -0.417. The van der Waals surface area contributed by atoms with Crippen molar-refractivity contribution in [3.8, 4) is 0 Å². The van der Waals surface area contributed by atoms with Crippen molar-refractivity contribution in [3.05, 3.63) is 67.3 Å². The molecular formula is C14H11Br2ClFN. The topological polar surface area (TPSA) is 26.0 Å². The van der Waals surface area contributed by atoms with Gasteiger partial charge in [-0.1, -0.05) is 55.6 Å². The third-order valence-electron chi connectivity index (χ3n) is 2.83. The molecule has 100 valence electrons. The van der Waals surface area contributed by atoms with E-state index in [9.17, 15) is 4.39 Å². The first-order valence-corrected chi connectivity index (χ1v) is 7.59. The van der Waals surface area contributed by atoms with E-state index in [-0.39, 0.29) is 11.1 Å². The van der Waals surface area contributed by atoms with Crippen LogP contribution in [0.15, 0.2) is 45.3 Å². The standard InChI is InChI=1S/C14H11Br2ClFN/c15-9-4-5-11(16)10(7-9)13(19)6-8-2-1-3-12(18)14(8)17/h1-5,7,13H,6,19H2. The number of rotatable bonds is 3. The lowest BCUT2D eigenvalue weighted by Gasteiger charge is -2.15. The first kappa shape index (κ1) is 15.0. The second-order valence-electron chi connectivity index (χ2n) is 4.19. The molecule has 1 atom stereocenters. The highest BCUT2D eigenvalue weighted by Gasteiger charge is 2.14. The minimum atomic E-state index is -0.417. The summed E-state index contributed by atoms with van der Waals surface area (Å²) in [5, 5.41) is 0.143. The maximum Gasteiger partial charge on any atom is 0.142 e. The van der Waals surface area contributed by atoms with Gasteiger partial charge in [0.25, 0.3) is 0 Å². The summed E-state index contributed by atoms with van der Waals surface area (Å²) >= 11 is 12.8. The lowest BCUT2D eigenvalue weighted by Crippen LogP contribution is -2.14. The molecule has 2 aromatic rings. The summed E-state index contributed by atoms with van der Waals surface area (Å²) in [6.45, 7) is 0. The summed E-state index contributed by atoms with van der Waals surface area (Å²) in [7, 11) is 0. The normalized spacial score (nSPS) is 12.5. The highest BCUT2D eigenvalue weighted by atomic mass is 79.9. The molecule has 1 nitrogen and oxygen atoms in total. The Labute approximate surface area is 133 Å². The van der Waals surface area contributed by atoms with Crippen LogP contribution in [0.25, 0.3) is 0 Å². The second kappa shape index (κ2) is 6.35. The van der Waals surface area contributed by atoms with Crippen LogP contribution in [0.1, 0.15) is 17.2 Å². The van der Waals surface area contributed by atoms with Gasteiger partial charge >= 0.3 is 0 Å². The monoisotopic (exact) mass is 405 g/mol. The Morgan fingerprint density at radius 3 is 2.68 bits per heavy atom. The van der Waals surface area contributed by atoms with Crippen LogP contribution >= 0.6 is 43.5 Å². The van der Waals surface area contributed by atoms with Crippen LogP contribution in [-0.4, -0.2) is 0 Å². The summed E-state index contributed by atoms with van der Waals surface area (Å²) in [5.41, 5.74) is 7.85. The largest absolute Gasteiger partial charge is 0.324 e. The third-order valence-corrected chi connectivity index (χ3v) is 4.47. The fraction of sp³-hybridized carbons (Fsp3) is 0.143. The smallest absolute Gasteiger partial charge is 0.142 e. The molecule has 0 aliphatic heterocycles. The molecule has 2 rings (SSSR count). The molecule has 0 aromatic heterocycles. The zero-order chi connectivity index (χ0) is 14.0. The van der Waals surface area contributed by atoms with Crippen LogP contribution in [0.5, 0.6) is 0 Å². The van der Waals surface area contributed by atoms with Gasteiger partial charge in [0.05, 0.1) is 5.02 Å². The zero-order valence-corrected chi connectivity index (χ0v) is 13.8. The molecule has 0 aliphatic rings. The van der Waals surface area contributed by atoms with E-state index in [0.29, 0.717) is 12.0 Å². The van der Waals surface area contributed by atoms with Gasteiger partial charge in [0.2, 0.25) is 0 Å². The quantitative estimate of drug-likeness (QED) is 0.739. The Morgan fingerprint density at radius 1 is 1.21 bits per heavy atom. The van der Waals surface area contributed by atoms with Crippen LogP contribution in [0.3, 0.4) is 0 Å². The number of hydrogen-bond acceptors (Lipinski definition) is 1. The van der Waals surface area contributed by atoms with Gasteiger partial charge in [0, 0.05) is 15.0 Å². The molecule has 0 heterocycles. The molecule has 2 N–H and O–H groups in total. The molecule has 0 radical (unpaired) electrons. The maximum absolute atomic E-state index is 13.4. The van der Waals surface area contributed by atoms with E-state index >= 15 is 0 Å². The summed E-state index contributed by atoms with van der Waals surface area (Å²) in [6, 6.07) is 10.3. The van der Waals surface area contributed by atoms with Crippen LogP contribution in [0.4, 0.5) is 4.39 Å². The molecule has 0 fully saturated rings. The molecule has 0 saturated heterocycles. The zero-order valence-electron chi connectivity index (χ0n) is 9.84. The van der Waals surface area contributed by atoms with Gasteiger partial charge in [-0.05, 0) is 41.8 Å². The van der Waals surface area contributed by atoms with Gasteiger partial charge in [0.15, 0.2) is 0 Å². The molecule has 5 heteroatoms. The first-order chi connectivity index (χ1) is 8.99. The van der Waals surface area contributed by atoms with E-state index in [2.05, 4.69) is 31.9 Å². The third kappa shape index (κ3) is 3.57. The lowest BCUT2D eigenvalue weighted by atomic mass is 9.99. The molecule has 19 heavy (non-hydrogen) atoms. The van der Waals surface area contributed by atoms with E-state index in [4.69, 9.17) is 17.3 Å². The molecule has 0 aliphatic carbocycles. The fourth-order valence-corrected chi connectivity index (χ4v) is 2.97. The minimum Gasteiger partial charge on any atom is -0.324 e. The Morgan fingerprint density at radius 2 is 1.95 bits per heavy atom. The van der Waals surface area contributed by atoms with E-state index in [1.807, 2.05) is 18.2 Å². The van der Waals surface area contributed by atoms with Crippen molar-refractivity contribution in [3.63, 3.8) is 0 Å². The van der Waals surface area contributed by atoms with Gasteiger partial charge in [-0.2, -0.15) is 0 Å². The Hall–Kier alpha value is -0.420. The van der Waals surface area contributed by atoms with Crippen molar-refractivity contribution < 1.29 is 4.39 Å². The van der Waals surface area contributed by atoms with Crippen LogP contribution in [-0.2, 0) is 6.42 Å². The first-order valence-electron chi connectivity index (χ1n) is 5.62. The van der Waals surface area contributed by atoms with Crippen molar-refractivity contribution in [1.82, 2.24) is 0 Å². The van der Waals surface area contributed by atoms with Gasteiger partial charge in [0.1, 0.15) is 5.82 Å². The van der Waals surface area contributed by atoms with E-state index in [0.717, 1.165) is 14.5 Å². The van der Waals surface area contributed by atoms with Crippen molar-refractivity contribution in [2.24, 2.45) is 5.73 Å². The van der Waals surface area contributed by atoms with Crippen molar-refractivity contribution in [2.75, 3.05) is 0 Å². The van der Waals surface area contributed by atoms with Crippen molar-refractivity contribution in [2.45, 2.75) is 12.5 Å². The number of hydrogen-bond donors (Lipinski definition) is 1. The average molecular weight is 408 g/mol. The molecule has 0 bridgehead atoms. The van der Waals surface area contributed by atoms with Gasteiger partial charge in [-0.3, -0.25) is 0 Å². The number of nitrogens with two attached hydrogens (primary N) is 1. The summed E-state index contributed by atoms with van der Waals surface area (Å²) in [4.78, 5) is 0. The predicted molar refractivity (Wildman–Crippen MR) is 83.9 cm³/mol. The van der Waals surface area contributed by atoms with Crippen molar-refractivity contribution >= 4 is 43.5 Å². The number of benzene rings is 2. The summed E-state index contributed by atoms with van der Waals surface area (Å²) < 4.78 is 15.3. The van der Waals surface area contributed by atoms with Crippen molar-refractivity contribution in [1.29, 1.82) is 0 Å². The summed E-state index contributed by atoms with van der Waals surface area (Å²) in [6.07, 6.45) is 0.478. The predicted octanol–water partition coefficient (Wildman–Crippen LogP) is 5.25. The van der Waals surface area contributed by atoms with Gasteiger partial charge < -0.3 is 5.73 Å². The van der Waals surface area contributed by atoms with Gasteiger partial charge in [-0.15, -0.1) is 0 Å². The van der Waals surface area contributed by atoms with E-state index in [1.165, 1.54) is 6.07 Å². The minimum absolute atomic E-state index is 0.143. The van der Waals surface area contributed by atoms with Gasteiger partial charge in [-0.25, -0.2) is 4.39 Å². The Balaban J connectivity index is 2.28. The molecule has 0 amide bonds. The second-order valence-corrected chi connectivity index (χ2v) is 6.34. The Kier molecular flexibility index (Phi) is 5.01. The molecule has 0 spiro atoms. The van der Waals surface area contributed by atoms with Crippen LogP contribution in [0.2, 0.25) is 5.02 Å².